The Morgan fingerprint density at radius 3 is 1.53 bits per heavy atom. The Hall–Kier alpha value is -0.210. The molecule has 198 valence electrons. The Bertz CT molecular complexity index is 577. The maximum atomic E-state index is 15.4. The molecule has 0 aromatic carbocycles. The molecule has 0 saturated heterocycles. The minimum atomic E-state index is -1.23. The van der Waals surface area contributed by atoms with Crippen LogP contribution in [0.1, 0.15) is 129 Å². The SMILES string of the molecule is CCCC1CCC(CCC2CCC(C3CCC(C4CCC(CC)CC4)C(F)[C@H]3F)CC2)CC1F. The quantitative estimate of drug-likeness (QED) is 0.323. The van der Waals surface area contributed by atoms with Crippen LogP contribution >= 0.6 is 0 Å². The molecule has 0 aromatic heterocycles. The van der Waals surface area contributed by atoms with E-state index in [0.29, 0.717) is 23.7 Å². The molecule has 7 atom stereocenters. The van der Waals surface area contributed by atoms with Gasteiger partial charge in [-0.3, -0.25) is 0 Å². The standard InChI is InChI=1S/C31H53F3/c1-3-5-26-17-12-23(20-29(26)32)7-6-22-10-15-25(16-11-22)28-19-18-27(30(33)31(28)34)24-13-8-21(4-2)9-14-24/h21-31H,3-20H2,1-2H3/t21?,22?,23?,24?,25?,26?,27?,28?,29?,30?,31-/m0/s1. The number of halogens is 3. The molecule has 0 spiro atoms. The molecule has 0 nitrogen and oxygen atoms in total. The average molecular weight is 483 g/mol. The highest BCUT2D eigenvalue weighted by Crippen LogP contribution is 2.49. The first-order valence-corrected chi connectivity index (χ1v) is 15.4. The van der Waals surface area contributed by atoms with Crippen LogP contribution in [-0.4, -0.2) is 18.5 Å². The van der Waals surface area contributed by atoms with E-state index in [1.54, 1.807) is 0 Å². The van der Waals surface area contributed by atoms with Gasteiger partial charge in [0.2, 0.25) is 0 Å². The first-order valence-electron chi connectivity index (χ1n) is 15.4. The summed E-state index contributed by atoms with van der Waals surface area (Å²) in [5, 5.41) is 0. The molecule has 0 amide bonds. The summed E-state index contributed by atoms with van der Waals surface area (Å²) < 4.78 is 45.2. The lowest BCUT2D eigenvalue weighted by molar-refractivity contribution is -0.0371. The summed E-state index contributed by atoms with van der Waals surface area (Å²) in [5.41, 5.74) is 0. The molecule has 4 fully saturated rings. The van der Waals surface area contributed by atoms with Crippen molar-refractivity contribution < 1.29 is 13.2 Å². The Morgan fingerprint density at radius 1 is 0.529 bits per heavy atom. The molecule has 0 radical (unpaired) electrons. The van der Waals surface area contributed by atoms with E-state index in [2.05, 4.69) is 13.8 Å². The van der Waals surface area contributed by atoms with E-state index in [1.807, 2.05) is 0 Å². The summed E-state index contributed by atoms with van der Waals surface area (Å²) in [4.78, 5) is 0. The molecule has 0 aliphatic heterocycles. The molecule has 0 heterocycles. The van der Waals surface area contributed by atoms with Crippen molar-refractivity contribution in [1.29, 1.82) is 0 Å². The maximum Gasteiger partial charge on any atom is 0.134 e. The first kappa shape index (κ1) is 26.8. The summed E-state index contributed by atoms with van der Waals surface area (Å²) >= 11 is 0. The molecule has 3 heteroatoms. The van der Waals surface area contributed by atoms with Gasteiger partial charge in [0.15, 0.2) is 0 Å². The van der Waals surface area contributed by atoms with Gasteiger partial charge in [-0.2, -0.15) is 0 Å². The number of hydrogen-bond acceptors (Lipinski definition) is 0. The Kier molecular flexibility index (Phi) is 10.1. The molecule has 4 aliphatic carbocycles. The molecule has 0 bridgehead atoms. The van der Waals surface area contributed by atoms with Crippen molar-refractivity contribution in [2.45, 2.75) is 148 Å². The number of hydrogen-bond donors (Lipinski definition) is 0. The monoisotopic (exact) mass is 482 g/mol. The first-order chi connectivity index (χ1) is 16.5. The van der Waals surface area contributed by atoms with Crippen molar-refractivity contribution in [2.24, 2.45) is 47.3 Å². The second-order valence-electron chi connectivity index (χ2n) is 13.1. The van der Waals surface area contributed by atoms with Crippen molar-refractivity contribution in [3.8, 4) is 0 Å². The highest BCUT2D eigenvalue weighted by Gasteiger charge is 2.46. The third kappa shape index (κ3) is 6.56. The zero-order valence-corrected chi connectivity index (χ0v) is 22.2. The molecule has 34 heavy (non-hydrogen) atoms. The van der Waals surface area contributed by atoms with Crippen LogP contribution in [0.5, 0.6) is 0 Å². The zero-order chi connectivity index (χ0) is 24.1. The van der Waals surface area contributed by atoms with E-state index in [9.17, 15) is 4.39 Å². The van der Waals surface area contributed by atoms with Gasteiger partial charge in [-0.25, -0.2) is 13.2 Å². The van der Waals surface area contributed by atoms with Gasteiger partial charge in [-0.05, 0) is 112 Å². The minimum absolute atomic E-state index is 0.0212. The fourth-order valence-corrected chi connectivity index (χ4v) is 8.79. The van der Waals surface area contributed by atoms with Crippen LogP contribution < -0.4 is 0 Å². The maximum absolute atomic E-state index is 15.4. The third-order valence-corrected chi connectivity index (χ3v) is 11.2. The fraction of sp³-hybridized carbons (Fsp3) is 1.00. The predicted molar refractivity (Wildman–Crippen MR) is 137 cm³/mol. The molecule has 4 saturated carbocycles. The Balaban J connectivity index is 1.17. The summed E-state index contributed by atoms with van der Waals surface area (Å²) in [6.07, 6.45) is 16.9. The van der Waals surface area contributed by atoms with Crippen molar-refractivity contribution in [1.82, 2.24) is 0 Å². The summed E-state index contributed by atoms with van der Waals surface area (Å²) in [6.45, 7) is 4.43. The van der Waals surface area contributed by atoms with Crippen molar-refractivity contribution in [3.05, 3.63) is 0 Å². The molecule has 0 N–H and O–H groups in total. The van der Waals surface area contributed by atoms with Crippen molar-refractivity contribution in [2.75, 3.05) is 0 Å². The summed E-state index contributed by atoms with van der Waals surface area (Å²) in [6, 6.07) is 0. The van der Waals surface area contributed by atoms with E-state index in [1.165, 1.54) is 51.4 Å². The molecule has 6 unspecified atom stereocenters. The van der Waals surface area contributed by atoms with Crippen LogP contribution in [0.15, 0.2) is 0 Å². The van der Waals surface area contributed by atoms with E-state index < -0.39 is 18.5 Å². The lowest BCUT2D eigenvalue weighted by atomic mass is 9.63. The molecule has 0 aromatic rings. The van der Waals surface area contributed by atoms with Gasteiger partial charge in [-0.1, -0.05) is 65.2 Å². The normalized spacial score (nSPS) is 46.3. The second kappa shape index (κ2) is 12.8. The van der Waals surface area contributed by atoms with Crippen LogP contribution in [0, 0.1) is 47.3 Å². The average Bonchev–Trinajstić information content (AvgIpc) is 2.86. The molecule has 4 aliphatic rings. The van der Waals surface area contributed by atoms with Gasteiger partial charge in [0.25, 0.3) is 0 Å². The summed E-state index contributed by atoms with van der Waals surface area (Å²) in [5.74, 6) is 3.18. The Labute approximate surface area is 208 Å². The topological polar surface area (TPSA) is 0 Å². The van der Waals surface area contributed by atoms with E-state index in [0.717, 1.165) is 76.0 Å². The van der Waals surface area contributed by atoms with E-state index in [4.69, 9.17) is 0 Å². The lowest BCUT2D eigenvalue weighted by Crippen LogP contribution is -2.45. The smallest absolute Gasteiger partial charge is 0.134 e. The Morgan fingerprint density at radius 2 is 1.03 bits per heavy atom. The van der Waals surface area contributed by atoms with Gasteiger partial charge < -0.3 is 0 Å². The minimum Gasteiger partial charge on any atom is -0.247 e. The zero-order valence-electron chi connectivity index (χ0n) is 22.2. The lowest BCUT2D eigenvalue weighted by Gasteiger charge is -2.44. The van der Waals surface area contributed by atoms with Crippen LogP contribution in [0.4, 0.5) is 13.2 Å². The van der Waals surface area contributed by atoms with Gasteiger partial charge in [0.05, 0.1) is 0 Å². The number of alkyl halides is 3. The van der Waals surface area contributed by atoms with Crippen LogP contribution in [0.25, 0.3) is 0 Å². The van der Waals surface area contributed by atoms with Crippen molar-refractivity contribution in [3.63, 3.8) is 0 Å². The molecular formula is C31H53F3. The second-order valence-corrected chi connectivity index (χ2v) is 13.1. The largest absolute Gasteiger partial charge is 0.247 e. The third-order valence-electron chi connectivity index (χ3n) is 11.2. The van der Waals surface area contributed by atoms with E-state index >= 15 is 8.78 Å². The molecular weight excluding hydrogens is 429 g/mol. The van der Waals surface area contributed by atoms with Gasteiger partial charge >= 0.3 is 0 Å². The number of rotatable bonds is 8. The fourth-order valence-electron chi connectivity index (χ4n) is 8.79. The van der Waals surface area contributed by atoms with Crippen LogP contribution in [0.2, 0.25) is 0 Å². The van der Waals surface area contributed by atoms with Crippen LogP contribution in [0.3, 0.4) is 0 Å². The predicted octanol–water partition coefficient (Wildman–Crippen LogP) is 10.0. The van der Waals surface area contributed by atoms with Gasteiger partial charge in [0, 0.05) is 0 Å². The van der Waals surface area contributed by atoms with E-state index in [-0.39, 0.29) is 11.8 Å². The highest BCUT2D eigenvalue weighted by molar-refractivity contribution is 4.95. The van der Waals surface area contributed by atoms with Crippen LogP contribution in [-0.2, 0) is 0 Å². The molecule has 4 rings (SSSR count). The van der Waals surface area contributed by atoms with Gasteiger partial charge in [-0.15, -0.1) is 0 Å². The highest BCUT2D eigenvalue weighted by atomic mass is 19.2. The van der Waals surface area contributed by atoms with Crippen molar-refractivity contribution >= 4 is 0 Å². The van der Waals surface area contributed by atoms with Gasteiger partial charge in [0.1, 0.15) is 18.5 Å². The summed E-state index contributed by atoms with van der Waals surface area (Å²) in [7, 11) is 0.